The lowest BCUT2D eigenvalue weighted by atomic mass is 10.2. The molecule has 1 aromatic carbocycles. The maximum atomic E-state index is 12.4. The van der Waals surface area contributed by atoms with Crippen molar-refractivity contribution in [1.82, 2.24) is 14.3 Å². The molecule has 3 rings (SSSR count). The quantitative estimate of drug-likeness (QED) is 0.639. The zero-order valence-corrected chi connectivity index (χ0v) is 15.7. The molecule has 2 heterocycles. The van der Waals surface area contributed by atoms with Gasteiger partial charge in [-0.2, -0.15) is 0 Å². The minimum atomic E-state index is -0.0665. The first-order valence-corrected chi connectivity index (χ1v) is 8.87. The van der Waals surface area contributed by atoms with Crippen LogP contribution in [0.25, 0.3) is 5.65 Å². The van der Waals surface area contributed by atoms with Gasteiger partial charge in [0.15, 0.2) is 0 Å². The molecule has 3 aromatic rings. The Kier molecular flexibility index (Phi) is 6.04. The van der Waals surface area contributed by atoms with Crippen molar-refractivity contribution < 1.29 is 4.74 Å². The minimum absolute atomic E-state index is 0.0665. The van der Waals surface area contributed by atoms with E-state index in [9.17, 15) is 4.79 Å². The Balaban J connectivity index is 1.84. The second-order valence-corrected chi connectivity index (χ2v) is 6.78. The Morgan fingerprint density at radius 2 is 1.92 bits per heavy atom. The fourth-order valence-corrected chi connectivity index (χ4v) is 2.97. The van der Waals surface area contributed by atoms with Crippen LogP contribution in [0, 0.1) is 6.92 Å². The molecular formula is C20H22ClN3O2. The van der Waals surface area contributed by atoms with Gasteiger partial charge in [-0.1, -0.05) is 23.7 Å². The third-order valence-electron chi connectivity index (χ3n) is 4.19. The Morgan fingerprint density at radius 1 is 1.15 bits per heavy atom. The van der Waals surface area contributed by atoms with E-state index in [1.54, 1.807) is 23.8 Å². The fourth-order valence-electron chi connectivity index (χ4n) is 2.85. The van der Waals surface area contributed by atoms with Crippen LogP contribution in [0.3, 0.4) is 0 Å². The van der Waals surface area contributed by atoms with E-state index in [2.05, 4.69) is 9.88 Å². The number of methoxy groups -OCH3 is 1. The highest BCUT2D eigenvalue weighted by Crippen LogP contribution is 2.13. The number of aromatic nitrogens is 2. The molecule has 136 valence electrons. The van der Waals surface area contributed by atoms with E-state index in [1.807, 2.05) is 43.3 Å². The number of rotatable bonds is 7. The van der Waals surface area contributed by atoms with Gasteiger partial charge >= 0.3 is 0 Å². The Labute approximate surface area is 157 Å². The molecule has 0 fully saturated rings. The number of halogens is 1. The second-order valence-electron chi connectivity index (χ2n) is 6.35. The summed E-state index contributed by atoms with van der Waals surface area (Å²) in [6.07, 6.45) is 1.76. The molecule has 0 amide bonds. The maximum Gasteiger partial charge on any atom is 0.258 e. The van der Waals surface area contributed by atoms with Gasteiger partial charge in [0.05, 0.1) is 12.3 Å². The van der Waals surface area contributed by atoms with Crippen LogP contribution in [0.1, 0.15) is 16.8 Å². The molecule has 0 saturated carbocycles. The predicted octanol–water partition coefficient (Wildman–Crippen LogP) is 3.30. The summed E-state index contributed by atoms with van der Waals surface area (Å²) in [7, 11) is 1.68. The maximum absolute atomic E-state index is 12.4. The first-order chi connectivity index (χ1) is 12.5. The van der Waals surface area contributed by atoms with Crippen molar-refractivity contribution in [2.24, 2.45) is 0 Å². The van der Waals surface area contributed by atoms with E-state index >= 15 is 0 Å². The summed E-state index contributed by atoms with van der Waals surface area (Å²) in [4.78, 5) is 19.2. The van der Waals surface area contributed by atoms with Crippen molar-refractivity contribution in [3.05, 3.63) is 80.9 Å². The van der Waals surface area contributed by atoms with Gasteiger partial charge in [0, 0.05) is 44.0 Å². The van der Waals surface area contributed by atoms with Crippen molar-refractivity contribution in [3.63, 3.8) is 0 Å². The van der Waals surface area contributed by atoms with Gasteiger partial charge in [-0.3, -0.25) is 14.1 Å². The van der Waals surface area contributed by atoms with E-state index in [-0.39, 0.29) is 5.56 Å². The molecule has 0 aliphatic heterocycles. The Morgan fingerprint density at radius 3 is 2.65 bits per heavy atom. The number of hydrogen-bond donors (Lipinski definition) is 0. The molecule has 5 nitrogen and oxygen atoms in total. The van der Waals surface area contributed by atoms with Gasteiger partial charge in [-0.15, -0.1) is 0 Å². The Bertz CT molecular complexity index is 938. The van der Waals surface area contributed by atoms with Crippen molar-refractivity contribution in [2.75, 3.05) is 20.3 Å². The summed E-state index contributed by atoms with van der Waals surface area (Å²) >= 11 is 5.97. The molecule has 6 heteroatoms. The highest BCUT2D eigenvalue weighted by Gasteiger charge is 2.10. The van der Waals surface area contributed by atoms with Crippen LogP contribution in [0.15, 0.2) is 53.5 Å². The van der Waals surface area contributed by atoms with Crippen LogP contribution in [-0.4, -0.2) is 34.5 Å². The van der Waals surface area contributed by atoms with Crippen LogP contribution >= 0.6 is 11.6 Å². The minimum Gasteiger partial charge on any atom is -0.383 e. The standard InChI is InChI=1S/C20H22ClN3O2/c1-15-7-8-24-19(11-15)22-18(12-20(24)25)14-23(9-10-26-2)13-16-3-5-17(21)6-4-16/h3-8,11-12H,9-10,13-14H2,1-2H3. The molecular weight excluding hydrogens is 350 g/mol. The first kappa shape index (κ1) is 18.6. The monoisotopic (exact) mass is 371 g/mol. The normalized spacial score (nSPS) is 11.4. The molecule has 26 heavy (non-hydrogen) atoms. The summed E-state index contributed by atoms with van der Waals surface area (Å²) in [6.45, 7) is 4.65. The summed E-state index contributed by atoms with van der Waals surface area (Å²) in [5, 5.41) is 0.719. The molecule has 0 spiro atoms. The largest absolute Gasteiger partial charge is 0.383 e. The van der Waals surface area contributed by atoms with Crippen LogP contribution in [0.5, 0.6) is 0 Å². The highest BCUT2D eigenvalue weighted by atomic mass is 35.5. The van der Waals surface area contributed by atoms with Crippen molar-refractivity contribution >= 4 is 17.2 Å². The molecule has 0 N–H and O–H groups in total. The lowest BCUT2D eigenvalue weighted by molar-refractivity contribution is 0.139. The summed E-state index contributed by atoms with van der Waals surface area (Å²) in [6, 6.07) is 13.2. The van der Waals surface area contributed by atoms with Gasteiger partial charge in [0.1, 0.15) is 5.65 Å². The van der Waals surface area contributed by atoms with Crippen LogP contribution in [0.4, 0.5) is 0 Å². The van der Waals surface area contributed by atoms with E-state index in [0.29, 0.717) is 18.8 Å². The average Bonchev–Trinajstić information content (AvgIpc) is 2.61. The molecule has 0 saturated heterocycles. The van der Waals surface area contributed by atoms with Crippen LogP contribution in [0.2, 0.25) is 5.02 Å². The lowest BCUT2D eigenvalue weighted by Gasteiger charge is -2.22. The van der Waals surface area contributed by atoms with Gasteiger partial charge in [0.25, 0.3) is 5.56 Å². The zero-order chi connectivity index (χ0) is 18.5. The third kappa shape index (κ3) is 4.69. The number of ether oxygens (including phenoxy) is 1. The van der Waals surface area contributed by atoms with E-state index in [4.69, 9.17) is 16.3 Å². The average molecular weight is 372 g/mol. The van der Waals surface area contributed by atoms with Gasteiger partial charge in [0.2, 0.25) is 0 Å². The lowest BCUT2D eigenvalue weighted by Crippen LogP contribution is -2.28. The van der Waals surface area contributed by atoms with Crippen molar-refractivity contribution in [3.8, 4) is 0 Å². The third-order valence-corrected chi connectivity index (χ3v) is 4.44. The summed E-state index contributed by atoms with van der Waals surface area (Å²) in [5.41, 5.74) is 3.59. The number of nitrogens with zero attached hydrogens (tertiary/aromatic N) is 3. The molecule has 0 bridgehead atoms. The number of pyridine rings is 1. The zero-order valence-electron chi connectivity index (χ0n) is 15.0. The molecule has 0 atom stereocenters. The number of fused-ring (bicyclic) bond motifs is 1. The van der Waals surface area contributed by atoms with Crippen LogP contribution < -0.4 is 5.56 Å². The van der Waals surface area contributed by atoms with E-state index < -0.39 is 0 Å². The predicted molar refractivity (Wildman–Crippen MR) is 104 cm³/mol. The molecule has 0 aliphatic carbocycles. The first-order valence-electron chi connectivity index (χ1n) is 8.50. The number of benzene rings is 1. The molecule has 0 aliphatic rings. The second kappa shape index (κ2) is 8.45. The van der Waals surface area contributed by atoms with Crippen molar-refractivity contribution in [1.29, 1.82) is 0 Å². The summed E-state index contributed by atoms with van der Waals surface area (Å²) in [5.74, 6) is 0. The van der Waals surface area contributed by atoms with Crippen LogP contribution in [-0.2, 0) is 17.8 Å². The van der Waals surface area contributed by atoms with E-state index in [1.165, 1.54) is 0 Å². The molecule has 2 aromatic heterocycles. The highest BCUT2D eigenvalue weighted by molar-refractivity contribution is 6.30. The molecule has 0 unspecified atom stereocenters. The Hall–Kier alpha value is -2.21. The van der Waals surface area contributed by atoms with Crippen molar-refractivity contribution in [2.45, 2.75) is 20.0 Å². The number of aryl methyl sites for hydroxylation is 1. The van der Waals surface area contributed by atoms with Gasteiger partial charge in [-0.25, -0.2) is 4.98 Å². The number of hydrogen-bond acceptors (Lipinski definition) is 4. The topological polar surface area (TPSA) is 46.8 Å². The van der Waals surface area contributed by atoms with Gasteiger partial charge < -0.3 is 4.74 Å². The molecule has 0 radical (unpaired) electrons. The fraction of sp³-hybridized carbons (Fsp3) is 0.300. The van der Waals surface area contributed by atoms with E-state index in [0.717, 1.165) is 34.9 Å². The SMILES string of the molecule is COCCN(Cc1ccc(Cl)cc1)Cc1cc(=O)n2ccc(C)cc2n1. The van der Waals surface area contributed by atoms with Gasteiger partial charge in [-0.05, 0) is 42.3 Å². The summed E-state index contributed by atoms with van der Waals surface area (Å²) < 4.78 is 6.79. The smallest absolute Gasteiger partial charge is 0.258 e.